The molecule has 0 radical (unpaired) electrons. The van der Waals surface area contributed by atoms with Crippen molar-refractivity contribution < 1.29 is 9.53 Å². The zero-order valence-corrected chi connectivity index (χ0v) is 14.0. The lowest BCUT2D eigenvalue weighted by molar-refractivity contribution is 0.0442. The smallest absolute Gasteiger partial charge is 0.323 e. The van der Waals surface area contributed by atoms with Gasteiger partial charge in [0.1, 0.15) is 0 Å². The predicted molar refractivity (Wildman–Crippen MR) is 87.6 cm³/mol. The summed E-state index contributed by atoms with van der Waals surface area (Å²) in [4.78, 5) is 14.3. The molecule has 0 aromatic carbocycles. The van der Waals surface area contributed by atoms with E-state index >= 15 is 0 Å². The van der Waals surface area contributed by atoms with Gasteiger partial charge in [-0.15, -0.1) is 5.10 Å². The third-order valence-electron chi connectivity index (χ3n) is 3.86. The average Bonchev–Trinajstić information content (AvgIpc) is 3.16. The molecular formula is C15H23N7O2. The second kappa shape index (κ2) is 7.43. The summed E-state index contributed by atoms with van der Waals surface area (Å²) < 4.78 is 9.36. The van der Waals surface area contributed by atoms with Crippen molar-refractivity contribution in [2.45, 2.75) is 39.0 Å². The molecule has 9 nitrogen and oxygen atoms in total. The molecule has 3 rings (SSSR count). The quantitative estimate of drug-likeness (QED) is 0.913. The van der Waals surface area contributed by atoms with Crippen molar-refractivity contribution in [3.8, 4) is 0 Å². The number of carbonyl (C=O) groups is 1. The van der Waals surface area contributed by atoms with E-state index in [4.69, 9.17) is 4.74 Å². The highest BCUT2D eigenvalue weighted by Crippen LogP contribution is 2.11. The molecule has 2 amide bonds. The van der Waals surface area contributed by atoms with Crippen LogP contribution in [0.4, 0.5) is 10.6 Å². The highest BCUT2D eigenvalue weighted by atomic mass is 16.5. The molecule has 1 aliphatic heterocycles. The zero-order chi connectivity index (χ0) is 16.9. The number of aromatic nitrogens is 5. The van der Waals surface area contributed by atoms with E-state index in [1.807, 2.05) is 30.8 Å². The number of carbonyl (C=O) groups excluding carboxylic acids is 1. The summed E-state index contributed by atoms with van der Waals surface area (Å²) in [5, 5.41) is 15.0. The minimum Gasteiger partial charge on any atom is -0.374 e. The first kappa shape index (κ1) is 16.4. The number of rotatable bonds is 4. The number of anilines is 1. The highest BCUT2D eigenvalue weighted by Gasteiger charge is 2.23. The Kier molecular flexibility index (Phi) is 5.09. The summed E-state index contributed by atoms with van der Waals surface area (Å²) in [6.07, 6.45) is 6.09. The Morgan fingerprint density at radius 3 is 3.08 bits per heavy atom. The molecule has 1 saturated heterocycles. The van der Waals surface area contributed by atoms with Crippen molar-refractivity contribution in [1.82, 2.24) is 29.7 Å². The van der Waals surface area contributed by atoms with E-state index in [0.717, 1.165) is 6.42 Å². The number of urea groups is 1. The summed E-state index contributed by atoms with van der Waals surface area (Å²) in [6, 6.07) is 1.90. The van der Waals surface area contributed by atoms with E-state index in [0.29, 0.717) is 32.1 Å². The minimum absolute atomic E-state index is 0.0792. The van der Waals surface area contributed by atoms with Crippen molar-refractivity contribution in [2.24, 2.45) is 0 Å². The number of amides is 2. The van der Waals surface area contributed by atoms with E-state index in [9.17, 15) is 4.79 Å². The molecule has 1 fully saturated rings. The lowest BCUT2D eigenvalue weighted by Gasteiger charge is -2.23. The molecule has 1 unspecified atom stereocenters. The predicted octanol–water partition coefficient (Wildman–Crippen LogP) is 1.38. The topological polar surface area (TPSA) is 90.1 Å². The van der Waals surface area contributed by atoms with Crippen LogP contribution in [0.2, 0.25) is 0 Å². The standard InChI is InChI=1S/C15H23N7O2/c1-12(2)22-11-14(18-19-22)17-15(23)20-6-4-8-24-13(9-20)10-21-7-3-5-16-21/h3,5,7,11-13H,4,6,8-10H2,1-2H3,(H,17,23). The van der Waals surface area contributed by atoms with Crippen LogP contribution >= 0.6 is 0 Å². The SMILES string of the molecule is CC(C)n1cc(NC(=O)N2CCCOC(Cn3cccn3)C2)nn1. The second-order valence-corrected chi connectivity index (χ2v) is 6.13. The summed E-state index contributed by atoms with van der Waals surface area (Å²) in [5.41, 5.74) is 0. The Bertz CT molecular complexity index is 653. The molecule has 2 aromatic rings. The molecular weight excluding hydrogens is 310 g/mol. The number of ether oxygens (including phenoxy) is 1. The fourth-order valence-electron chi connectivity index (χ4n) is 2.58. The highest BCUT2D eigenvalue weighted by molar-refractivity contribution is 5.88. The number of hydrogen-bond donors (Lipinski definition) is 1. The Hall–Kier alpha value is -2.42. The maximum absolute atomic E-state index is 12.5. The third-order valence-corrected chi connectivity index (χ3v) is 3.86. The molecule has 130 valence electrons. The monoisotopic (exact) mass is 333 g/mol. The first-order valence-corrected chi connectivity index (χ1v) is 8.18. The van der Waals surface area contributed by atoms with Crippen molar-refractivity contribution in [1.29, 1.82) is 0 Å². The molecule has 1 N–H and O–H groups in total. The maximum atomic E-state index is 12.5. The van der Waals surface area contributed by atoms with Gasteiger partial charge < -0.3 is 9.64 Å². The van der Waals surface area contributed by atoms with Gasteiger partial charge in [-0.2, -0.15) is 5.10 Å². The van der Waals surface area contributed by atoms with E-state index in [1.165, 1.54) is 0 Å². The van der Waals surface area contributed by atoms with Crippen LogP contribution in [-0.2, 0) is 11.3 Å². The van der Waals surface area contributed by atoms with Gasteiger partial charge >= 0.3 is 6.03 Å². The second-order valence-electron chi connectivity index (χ2n) is 6.13. The average molecular weight is 333 g/mol. The first-order valence-electron chi connectivity index (χ1n) is 8.18. The molecule has 24 heavy (non-hydrogen) atoms. The van der Waals surface area contributed by atoms with Crippen molar-refractivity contribution in [3.63, 3.8) is 0 Å². The van der Waals surface area contributed by atoms with Crippen molar-refractivity contribution >= 4 is 11.8 Å². The van der Waals surface area contributed by atoms with Gasteiger partial charge in [-0.05, 0) is 26.3 Å². The van der Waals surface area contributed by atoms with Gasteiger partial charge in [0.05, 0.1) is 25.4 Å². The van der Waals surface area contributed by atoms with Crippen LogP contribution in [0, 0.1) is 0 Å². The Morgan fingerprint density at radius 1 is 1.50 bits per heavy atom. The number of nitrogens with zero attached hydrogens (tertiary/aromatic N) is 6. The molecule has 1 atom stereocenters. The van der Waals surface area contributed by atoms with E-state index in [1.54, 1.807) is 22.0 Å². The van der Waals surface area contributed by atoms with E-state index in [-0.39, 0.29) is 18.2 Å². The molecule has 0 bridgehead atoms. The van der Waals surface area contributed by atoms with E-state index in [2.05, 4.69) is 20.7 Å². The van der Waals surface area contributed by atoms with Crippen LogP contribution in [0.15, 0.2) is 24.7 Å². The van der Waals surface area contributed by atoms with Crippen LogP contribution in [0.25, 0.3) is 0 Å². The zero-order valence-electron chi connectivity index (χ0n) is 14.0. The van der Waals surface area contributed by atoms with Gasteiger partial charge in [-0.1, -0.05) is 5.21 Å². The molecule has 9 heteroatoms. The van der Waals surface area contributed by atoms with Crippen LogP contribution in [0.5, 0.6) is 0 Å². The largest absolute Gasteiger partial charge is 0.374 e. The molecule has 0 saturated carbocycles. The molecule has 1 aliphatic rings. The van der Waals surface area contributed by atoms with Gasteiger partial charge in [-0.3, -0.25) is 10.00 Å². The normalized spacial score (nSPS) is 18.6. The molecule has 3 heterocycles. The first-order chi connectivity index (χ1) is 11.6. The maximum Gasteiger partial charge on any atom is 0.323 e. The minimum atomic E-state index is -0.179. The summed E-state index contributed by atoms with van der Waals surface area (Å²) in [5.74, 6) is 0.461. The van der Waals surface area contributed by atoms with Crippen LogP contribution in [0.3, 0.4) is 0 Å². The van der Waals surface area contributed by atoms with Gasteiger partial charge in [-0.25, -0.2) is 9.48 Å². The fourth-order valence-corrected chi connectivity index (χ4v) is 2.58. The van der Waals surface area contributed by atoms with Gasteiger partial charge in [0.25, 0.3) is 0 Å². The summed E-state index contributed by atoms with van der Waals surface area (Å²) >= 11 is 0. The van der Waals surface area contributed by atoms with Gasteiger partial charge in [0, 0.05) is 31.6 Å². The van der Waals surface area contributed by atoms with Gasteiger partial charge in [0.2, 0.25) is 0 Å². The fraction of sp³-hybridized carbons (Fsp3) is 0.600. The van der Waals surface area contributed by atoms with Crippen molar-refractivity contribution in [3.05, 3.63) is 24.7 Å². The lowest BCUT2D eigenvalue weighted by Crippen LogP contribution is -2.41. The Balaban J connectivity index is 1.59. The lowest BCUT2D eigenvalue weighted by atomic mass is 10.3. The molecule has 0 aliphatic carbocycles. The van der Waals surface area contributed by atoms with Crippen molar-refractivity contribution in [2.75, 3.05) is 25.0 Å². The number of nitrogens with one attached hydrogen (secondary N) is 1. The molecule has 2 aromatic heterocycles. The Morgan fingerprint density at radius 2 is 2.38 bits per heavy atom. The Labute approximate surface area is 140 Å². The van der Waals surface area contributed by atoms with Crippen LogP contribution in [-0.4, -0.2) is 61.5 Å². The van der Waals surface area contributed by atoms with Crippen LogP contribution in [0.1, 0.15) is 26.3 Å². The van der Waals surface area contributed by atoms with Crippen LogP contribution < -0.4 is 5.32 Å². The van der Waals surface area contributed by atoms with Gasteiger partial charge in [0.15, 0.2) is 5.82 Å². The number of hydrogen-bond acceptors (Lipinski definition) is 5. The summed E-state index contributed by atoms with van der Waals surface area (Å²) in [6.45, 7) is 6.45. The molecule has 0 spiro atoms. The van der Waals surface area contributed by atoms with E-state index < -0.39 is 0 Å². The summed E-state index contributed by atoms with van der Waals surface area (Å²) in [7, 11) is 0. The third kappa shape index (κ3) is 4.10.